The maximum absolute atomic E-state index is 12.0. The van der Waals surface area contributed by atoms with Crippen LogP contribution in [0.1, 0.15) is 40.9 Å². The number of carbonyl (C=O) groups is 1. The third-order valence-corrected chi connectivity index (χ3v) is 3.29. The normalized spacial score (nSPS) is 10.5. The monoisotopic (exact) mass is 286 g/mol. The molecule has 0 aliphatic rings. The molecule has 2 aromatic rings. The molecule has 0 aliphatic heterocycles. The van der Waals surface area contributed by atoms with Crippen molar-refractivity contribution in [3.05, 3.63) is 63.7 Å². The van der Waals surface area contributed by atoms with Crippen molar-refractivity contribution in [2.24, 2.45) is 0 Å². The summed E-state index contributed by atoms with van der Waals surface area (Å²) in [4.78, 5) is 23.6. The van der Waals surface area contributed by atoms with Gasteiger partial charge in [-0.3, -0.25) is 4.79 Å². The molecule has 0 unspecified atom stereocenters. The second kappa shape index (κ2) is 6.88. The number of Topliss-reactive ketones (excluding diaryl/α,β-unsaturated/α-hetero) is 1. The summed E-state index contributed by atoms with van der Waals surface area (Å²) in [6.45, 7) is 1.55. The fraction of sp³-hybridized carbons (Fsp3) is 0.294. The summed E-state index contributed by atoms with van der Waals surface area (Å²) in [5.74, 6) is -0.371. The summed E-state index contributed by atoms with van der Waals surface area (Å²) in [7, 11) is 0. The molecule has 0 radical (unpaired) electrons. The summed E-state index contributed by atoms with van der Waals surface area (Å²) in [6, 6.07) is 11.3. The van der Waals surface area contributed by atoms with Crippen molar-refractivity contribution < 1.29 is 14.3 Å². The van der Waals surface area contributed by atoms with Crippen LogP contribution in [0.3, 0.4) is 0 Å². The minimum atomic E-state index is -0.763. The van der Waals surface area contributed by atoms with Crippen LogP contribution in [0.25, 0.3) is 0 Å². The maximum atomic E-state index is 12.0. The van der Waals surface area contributed by atoms with Crippen LogP contribution in [0.15, 0.2) is 45.6 Å². The van der Waals surface area contributed by atoms with Crippen molar-refractivity contribution in [3.8, 4) is 5.75 Å². The highest BCUT2D eigenvalue weighted by molar-refractivity contribution is 5.97. The van der Waals surface area contributed by atoms with Gasteiger partial charge in [-0.2, -0.15) is 0 Å². The number of aromatic hydroxyl groups is 1. The molecule has 0 fully saturated rings. The molecule has 4 heteroatoms. The molecule has 4 nitrogen and oxygen atoms in total. The van der Waals surface area contributed by atoms with E-state index in [2.05, 4.69) is 0 Å². The van der Waals surface area contributed by atoms with Gasteiger partial charge < -0.3 is 9.52 Å². The van der Waals surface area contributed by atoms with Crippen LogP contribution in [0.2, 0.25) is 0 Å². The molecule has 2 rings (SSSR count). The van der Waals surface area contributed by atoms with E-state index in [1.165, 1.54) is 11.6 Å². The lowest BCUT2D eigenvalue weighted by atomic mass is 10.0. The van der Waals surface area contributed by atoms with Gasteiger partial charge >= 0.3 is 5.63 Å². The summed E-state index contributed by atoms with van der Waals surface area (Å²) >= 11 is 0. The van der Waals surface area contributed by atoms with Crippen LogP contribution in [0.5, 0.6) is 5.75 Å². The predicted octanol–water partition coefficient (Wildman–Crippen LogP) is 3.25. The second-order valence-electron chi connectivity index (χ2n) is 5.02. The lowest BCUT2D eigenvalue weighted by Crippen LogP contribution is -2.14. The molecule has 1 N–H and O–H groups in total. The van der Waals surface area contributed by atoms with Crippen molar-refractivity contribution >= 4 is 5.78 Å². The van der Waals surface area contributed by atoms with E-state index >= 15 is 0 Å². The summed E-state index contributed by atoms with van der Waals surface area (Å²) in [5.41, 5.74) is 0.225. The first-order valence-corrected chi connectivity index (χ1v) is 6.99. The van der Waals surface area contributed by atoms with Crippen LogP contribution < -0.4 is 5.63 Å². The van der Waals surface area contributed by atoms with Gasteiger partial charge in [0.1, 0.15) is 17.1 Å². The van der Waals surface area contributed by atoms with Gasteiger partial charge in [-0.1, -0.05) is 30.3 Å². The zero-order chi connectivity index (χ0) is 15.2. The van der Waals surface area contributed by atoms with E-state index in [4.69, 9.17) is 4.42 Å². The van der Waals surface area contributed by atoms with Gasteiger partial charge in [0.05, 0.1) is 0 Å². The Balaban J connectivity index is 1.90. The number of hydrogen-bond acceptors (Lipinski definition) is 4. The lowest BCUT2D eigenvalue weighted by molar-refractivity contribution is 0.0972. The van der Waals surface area contributed by atoms with Crippen LogP contribution >= 0.6 is 0 Å². The Hall–Kier alpha value is -2.36. The average Bonchev–Trinajstić information content (AvgIpc) is 2.43. The summed E-state index contributed by atoms with van der Waals surface area (Å²) in [5, 5.41) is 9.70. The summed E-state index contributed by atoms with van der Waals surface area (Å²) in [6.07, 6.45) is 2.64. The van der Waals surface area contributed by atoms with Crippen molar-refractivity contribution in [2.75, 3.05) is 0 Å². The lowest BCUT2D eigenvalue weighted by Gasteiger charge is -2.04. The second-order valence-corrected chi connectivity index (χ2v) is 5.02. The van der Waals surface area contributed by atoms with Crippen LogP contribution in [0, 0.1) is 6.92 Å². The Labute approximate surface area is 123 Å². The summed E-state index contributed by atoms with van der Waals surface area (Å²) < 4.78 is 4.85. The molecule has 0 spiro atoms. The number of carbonyl (C=O) groups excluding carboxylic acids is 1. The Kier molecular flexibility index (Phi) is 4.93. The minimum Gasteiger partial charge on any atom is -0.507 e. The van der Waals surface area contributed by atoms with Crippen LogP contribution in [0.4, 0.5) is 0 Å². The first kappa shape index (κ1) is 15.0. The first-order valence-electron chi connectivity index (χ1n) is 6.99. The Morgan fingerprint density at radius 3 is 2.57 bits per heavy atom. The van der Waals surface area contributed by atoms with Crippen LogP contribution in [-0.4, -0.2) is 10.9 Å². The highest BCUT2D eigenvalue weighted by Gasteiger charge is 2.17. The molecule has 0 bridgehead atoms. The minimum absolute atomic E-state index is 0.230. The molecule has 0 amide bonds. The molecule has 0 atom stereocenters. The Morgan fingerprint density at radius 1 is 1.19 bits per heavy atom. The van der Waals surface area contributed by atoms with Gasteiger partial charge in [-0.25, -0.2) is 4.79 Å². The molecule has 0 aliphatic carbocycles. The van der Waals surface area contributed by atoms with E-state index in [0.717, 1.165) is 12.8 Å². The van der Waals surface area contributed by atoms with E-state index in [1.54, 1.807) is 6.92 Å². The average molecular weight is 286 g/mol. The van der Waals surface area contributed by atoms with E-state index in [0.29, 0.717) is 6.42 Å². The van der Waals surface area contributed by atoms with Gasteiger partial charge in [0.2, 0.25) is 0 Å². The Morgan fingerprint density at radius 2 is 1.90 bits per heavy atom. The van der Waals surface area contributed by atoms with E-state index < -0.39 is 5.63 Å². The quantitative estimate of drug-likeness (QED) is 0.654. The number of unbranched alkanes of at least 4 members (excludes halogenated alkanes) is 1. The number of hydrogen-bond donors (Lipinski definition) is 1. The van der Waals surface area contributed by atoms with Gasteiger partial charge in [0, 0.05) is 12.5 Å². The highest BCUT2D eigenvalue weighted by Crippen LogP contribution is 2.17. The zero-order valence-corrected chi connectivity index (χ0v) is 12.0. The molecule has 0 saturated carbocycles. The standard InChI is InChI=1S/C17H18O4/c1-12-11-15(19)16(17(20)21-12)14(18)10-6-5-9-13-7-3-2-4-8-13/h2-4,7-8,11,19H,5-6,9-10H2,1H3. The molecule has 1 aromatic heterocycles. The smallest absolute Gasteiger partial charge is 0.350 e. The fourth-order valence-electron chi connectivity index (χ4n) is 2.24. The van der Waals surface area contributed by atoms with Gasteiger partial charge in [0.15, 0.2) is 5.78 Å². The maximum Gasteiger partial charge on any atom is 0.350 e. The third-order valence-electron chi connectivity index (χ3n) is 3.29. The molecule has 1 aromatic carbocycles. The van der Waals surface area contributed by atoms with Gasteiger partial charge in [0.25, 0.3) is 0 Å². The van der Waals surface area contributed by atoms with Gasteiger partial charge in [-0.05, 0) is 31.7 Å². The molecule has 0 saturated heterocycles. The molecular formula is C17H18O4. The molecule has 21 heavy (non-hydrogen) atoms. The van der Waals surface area contributed by atoms with E-state index in [1.807, 2.05) is 30.3 Å². The highest BCUT2D eigenvalue weighted by atomic mass is 16.4. The van der Waals surface area contributed by atoms with Crippen molar-refractivity contribution in [1.29, 1.82) is 0 Å². The molecule has 1 heterocycles. The Bertz CT molecular complexity index is 671. The number of aryl methyl sites for hydroxylation is 2. The largest absolute Gasteiger partial charge is 0.507 e. The van der Waals surface area contributed by atoms with Crippen LogP contribution in [-0.2, 0) is 6.42 Å². The van der Waals surface area contributed by atoms with Crippen molar-refractivity contribution in [1.82, 2.24) is 0 Å². The number of benzene rings is 1. The third kappa shape index (κ3) is 4.05. The van der Waals surface area contributed by atoms with E-state index in [9.17, 15) is 14.7 Å². The molecule has 110 valence electrons. The molecular weight excluding hydrogens is 268 g/mol. The fourth-order valence-corrected chi connectivity index (χ4v) is 2.24. The number of ketones is 1. The van der Waals surface area contributed by atoms with E-state index in [-0.39, 0.29) is 29.3 Å². The van der Waals surface area contributed by atoms with Crippen molar-refractivity contribution in [3.63, 3.8) is 0 Å². The van der Waals surface area contributed by atoms with Gasteiger partial charge in [-0.15, -0.1) is 0 Å². The predicted molar refractivity (Wildman–Crippen MR) is 79.7 cm³/mol. The van der Waals surface area contributed by atoms with Crippen molar-refractivity contribution in [2.45, 2.75) is 32.6 Å². The topological polar surface area (TPSA) is 67.5 Å². The SMILES string of the molecule is Cc1cc(O)c(C(=O)CCCCc2ccccc2)c(=O)o1. The zero-order valence-electron chi connectivity index (χ0n) is 12.0. The first-order chi connectivity index (χ1) is 10.1. The number of rotatable bonds is 6.